The summed E-state index contributed by atoms with van der Waals surface area (Å²) >= 11 is 5.92. The zero-order chi connectivity index (χ0) is 14.8. The van der Waals surface area contributed by atoms with E-state index in [0.717, 1.165) is 12.8 Å². The maximum absolute atomic E-state index is 9.85. The second-order valence-corrected chi connectivity index (χ2v) is 4.93. The Balaban J connectivity index is 2.45. The maximum Gasteiger partial charge on any atom is 0.261 e. The number of methoxy groups -OCH3 is 1. The predicted molar refractivity (Wildman–Crippen MR) is 75.7 cm³/mol. The molecule has 0 aliphatic heterocycles. The summed E-state index contributed by atoms with van der Waals surface area (Å²) in [6, 6.07) is 4.67. The van der Waals surface area contributed by atoms with E-state index in [4.69, 9.17) is 20.9 Å². The first-order chi connectivity index (χ1) is 9.56. The summed E-state index contributed by atoms with van der Waals surface area (Å²) in [6.07, 6.45) is 1.45. The van der Waals surface area contributed by atoms with Crippen molar-refractivity contribution in [3.05, 3.63) is 29.0 Å². The van der Waals surface area contributed by atoms with Gasteiger partial charge >= 0.3 is 0 Å². The quantitative estimate of drug-likeness (QED) is 0.910. The number of phenolic OH excluding ortho intramolecular Hbond substituents is 1. The van der Waals surface area contributed by atoms with Crippen LogP contribution in [0.4, 0.5) is 0 Å². The lowest BCUT2D eigenvalue weighted by Crippen LogP contribution is -2.28. The van der Waals surface area contributed by atoms with E-state index in [1.165, 1.54) is 6.07 Å². The fourth-order valence-corrected chi connectivity index (χ4v) is 2.32. The van der Waals surface area contributed by atoms with Crippen LogP contribution in [-0.2, 0) is 10.3 Å². The van der Waals surface area contributed by atoms with Crippen LogP contribution in [0.5, 0.6) is 5.75 Å². The van der Waals surface area contributed by atoms with Crippen LogP contribution in [0.1, 0.15) is 32.5 Å². The largest absolute Gasteiger partial charge is 0.507 e. The van der Waals surface area contributed by atoms with Crippen molar-refractivity contribution >= 4 is 11.6 Å². The average molecular weight is 297 g/mol. The highest BCUT2D eigenvalue weighted by Crippen LogP contribution is 2.34. The van der Waals surface area contributed by atoms with Crippen molar-refractivity contribution in [1.82, 2.24) is 10.1 Å². The number of hydrogen-bond acceptors (Lipinski definition) is 5. The normalized spacial score (nSPS) is 11.8. The van der Waals surface area contributed by atoms with Crippen molar-refractivity contribution in [2.75, 3.05) is 7.11 Å². The minimum absolute atomic E-state index is 0.0422. The fourth-order valence-electron chi connectivity index (χ4n) is 2.14. The third kappa shape index (κ3) is 2.51. The molecular weight excluding hydrogens is 280 g/mol. The highest BCUT2D eigenvalue weighted by molar-refractivity contribution is 6.30. The molecule has 0 aliphatic carbocycles. The van der Waals surface area contributed by atoms with E-state index in [1.807, 2.05) is 13.8 Å². The molecule has 0 amide bonds. The second-order valence-electron chi connectivity index (χ2n) is 4.49. The van der Waals surface area contributed by atoms with Crippen molar-refractivity contribution in [3.8, 4) is 17.2 Å². The van der Waals surface area contributed by atoms with Gasteiger partial charge in [0.1, 0.15) is 11.4 Å². The molecule has 0 unspecified atom stereocenters. The van der Waals surface area contributed by atoms with E-state index in [9.17, 15) is 5.11 Å². The molecule has 0 bridgehead atoms. The van der Waals surface area contributed by atoms with Gasteiger partial charge < -0.3 is 14.4 Å². The summed E-state index contributed by atoms with van der Waals surface area (Å²) in [6.45, 7) is 4.00. The lowest BCUT2D eigenvalue weighted by atomic mass is 9.96. The van der Waals surface area contributed by atoms with Crippen LogP contribution in [-0.4, -0.2) is 22.4 Å². The summed E-state index contributed by atoms with van der Waals surface area (Å²) in [7, 11) is 1.62. The summed E-state index contributed by atoms with van der Waals surface area (Å²) in [5, 5.41) is 14.3. The van der Waals surface area contributed by atoms with Crippen LogP contribution in [0.3, 0.4) is 0 Å². The predicted octanol–water partition coefficient (Wildman–Crippen LogP) is 3.76. The number of benzene rings is 1. The van der Waals surface area contributed by atoms with Gasteiger partial charge in [-0.25, -0.2) is 0 Å². The molecule has 2 aromatic rings. The van der Waals surface area contributed by atoms with Gasteiger partial charge in [0.15, 0.2) is 0 Å². The molecule has 1 N–H and O–H groups in total. The van der Waals surface area contributed by atoms with E-state index in [0.29, 0.717) is 16.4 Å². The Morgan fingerprint density at radius 3 is 2.65 bits per heavy atom. The van der Waals surface area contributed by atoms with Crippen molar-refractivity contribution in [2.24, 2.45) is 0 Å². The van der Waals surface area contributed by atoms with E-state index >= 15 is 0 Å². The average Bonchev–Trinajstić information content (AvgIpc) is 2.94. The van der Waals surface area contributed by atoms with Gasteiger partial charge in [0.2, 0.25) is 5.82 Å². The molecule has 0 spiro atoms. The SMILES string of the molecule is CCC(CC)(OC)c1noc(-c2cc(Cl)ccc2O)n1. The summed E-state index contributed by atoms with van der Waals surface area (Å²) < 4.78 is 10.8. The van der Waals surface area contributed by atoms with Crippen molar-refractivity contribution < 1.29 is 14.4 Å². The molecule has 0 saturated heterocycles. The Morgan fingerprint density at radius 2 is 2.05 bits per heavy atom. The number of aromatic nitrogens is 2. The van der Waals surface area contributed by atoms with E-state index in [1.54, 1.807) is 19.2 Å². The number of aromatic hydroxyl groups is 1. The zero-order valence-corrected chi connectivity index (χ0v) is 12.4. The lowest BCUT2D eigenvalue weighted by Gasteiger charge is -2.25. The lowest BCUT2D eigenvalue weighted by molar-refractivity contribution is -0.0306. The van der Waals surface area contributed by atoms with Gasteiger partial charge in [0, 0.05) is 12.1 Å². The van der Waals surface area contributed by atoms with Crippen molar-refractivity contribution in [1.29, 1.82) is 0 Å². The van der Waals surface area contributed by atoms with E-state index in [-0.39, 0.29) is 11.6 Å². The first kappa shape index (κ1) is 14.8. The van der Waals surface area contributed by atoms with E-state index < -0.39 is 5.60 Å². The molecule has 1 aromatic heterocycles. The number of halogens is 1. The zero-order valence-electron chi connectivity index (χ0n) is 11.7. The molecule has 0 atom stereocenters. The molecule has 0 saturated carbocycles. The van der Waals surface area contributed by atoms with Crippen LogP contribution >= 0.6 is 11.6 Å². The molecule has 6 heteroatoms. The van der Waals surface area contributed by atoms with Crippen molar-refractivity contribution in [3.63, 3.8) is 0 Å². The number of ether oxygens (including phenoxy) is 1. The Bertz CT molecular complexity index is 586. The third-order valence-corrected chi connectivity index (χ3v) is 3.79. The minimum Gasteiger partial charge on any atom is -0.507 e. The first-order valence-corrected chi connectivity index (χ1v) is 6.82. The maximum atomic E-state index is 9.85. The fraction of sp³-hybridized carbons (Fsp3) is 0.429. The number of hydrogen-bond donors (Lipinski definition) is 1. The topological polar surface area (TPSA) is 68.4 Å². The van der Waals surface area contributed by atoms with Gasteiger partial charge in [-0.3, -0.25) is 0 Å². The second kappa shape index (κ2) is 5.81. The minimum atomic E-state index is -0.573. The van der Waals surface area contributed by atoms with Gasteiger partial charge in [-0.05, 0) is 31.0 Å². The van der Waals surface area contributed by atoms with Gasteiger partial charge in [0.25, 0.3) is 5.89 Å². The molecule has 20 heavy (non-hydrogen) atoms. The molecule has 108 valence electrons. The standard InChI is InChI=1S/C14H17ClN2O3/c1-4-14(5-2,19-3)13-16-12(20-17-13)10-8-9(15)6-7-11(10)18/h6-8,18H,4-5H2,1-3H3. The van der Waals surface area contributed by atoms with Crippen LogP contribution in [0.2, 0.25) is 5.02 Å². The number of nitrogens with zero attached hydrogens (tertiary/aromatic N) is 2. The van der Waals surface area contributed by atoms with Gasteiger partial charge in [-0.15, -0.1) is 0 Å². The molecule has 0 radical (unpaired) electrons. The van der Waals surface area contributed by atoms with Gasteiger partial charge in [-0.2, -0.15) is 4.98 Å². The summed E-state index contributed by atoms with van der Waals surface area (Å²) in [5.74, 6) is 0.739. The van der Waals surface area contributed by atoms with Crippen LogP contribution in [0.25, 0.3) is 11.5 Å². The molecular formula is C14H17ClN2O3. The Labute approximate surface area is 122 Å². The van der Waals surface area contributed by atoms with Gasteiger partial charge in [-0.1, -0.05) is 30.6 Å². The summed E-state index contributed by atoms with van der Waals surface area (Å²) in [5.41, 5.74) is -0.163. The molecule has 1 heterocycles. The van der Waals surface area contributed by atoms with Crippen LogP contribution < -0.4 is 0 Å². The molecule has 1 aromatic carbocycles. The number of phenols is 1. The first-order valence-electron chi connectivity index (χ1n) is 6.44. The Morgan fingerprint density at radius 1 is 1.35 bits per heavy atom. The highest BCUT2D eigenvalue weighted by Gasteiger charge is 2.34. The Hall–Kier alpha value is -1.59. The Kier molecular flexibility index (Phi) is 4.30. The molecule has 0 fully saturated rings. The molecule has 0 aliphatic rings. The summed E-state index contributed by atoms with van der Waals surface area (Å²) in [4.78, 5) is 4.35. The molecule has 5 nitrogen and oxygen atoms in total. The number of rotatable bonds is 5. The highest BCUT2D eigenvalue weighted by atomic mass is 35.5. The molecule has 2 rings (SSSR count). The van der Waals surface area contributed by atoms with Crippen molar-refractivity contribution in [2.45, 2.75) is 32.3 Å². The monoisotopic (exact) mass is 296 g/mol. The van der Waals surface area contributed by atoms with Crippen LogP contribution in [0.15, 0.2) is 22.7 Å². The third-order valence-electron chi connectivity index (χ3n) is 3.56. The van der Waals surface area contributed by atoms with E-state index in [2.05, 4.69) is 10.1 Å². The van der Waals surface area contributed by atoms with Gasteiger partial charge in [0.05, 0.1) is 5.56 Å². The van der Waals surface area contributed by atoms with Crippen LogP contribution in [0, 0.1) is 0 Å². The smallest absolute Gasteiger partial charge is 0.261 e.